The number of anilines is 2. The van der Waals surface area contributed by atoms with Crippen molar-refractivity contribution in [1.82, 2.24) is 39.6 Å². The summed E-state index contributed by atoms with van der Waals surface area (Å²) >= 11 is 0. The summed E-state index contributed by atoms with van der Waals surface area (Å²) in [4.78, 5) is 11.5. The molecule has 0 radical (unpaired) electrons. The van der Waals surface area contributed by atoms with Crippen molar-refractivity contribution < 1.29 is 9.13 Å². The number of rotatable bonds is 8. The van der Waals surface area contributed by atoms with E-state index < -0.39 is 0 Å². The first-order chi connectivity index (χ1) is 18.9. The summed E-state index contributed by atoms with van der Waals surface area (Å²) in [6, 6.07) is 9.96. The van der Waals surface area contributed by atoms with Gasteiger partial charge in [0.05, 0.1) is 30.1 Å². The van der Waals surface area contributed by atoms with Crippen LogP contribution in [0, 0.1) is 11.3 Å². The lowest BCUT2D eigenvalue weighted by molar-refractivity contribution is 0.152. The number of nitrogens with zero attached hydrogens (tertiary/aromatic N) is 8. The molecule has 1 aliphatic carbocycles. The van der Waals surface area contributed by atoms with E-state index in [1.165, 1.54) is 0 Å². The first-order valence-corrected chi connectivity index (χ1v) is 13.1. The lowest BCUT2D eigenvalue weighted by Crippen LogP contribution is -2.34. The van der Waals surface area contributed by atoms with E-state index in [0.717, 1.165) is 47.7 Å². The number of benzene rings is 1. The van der Waals surface area contributed by atoms with Crippen LogP contribution in [0.3, 0.4) is 0 Å². The number of ether oxygens (including phenoxy) is 1. The van der Waals surface area contributed by atoms with Gasteiger partial charge in [0.15, 0.2) is 0 Å². The lowest BCUT2D eigenvalue weighted by Gasteiger charge is -2.36. The smallest absolute Gasteiger partial charge is 0.228 e. The molecule has 0 bridgehead atoms. The number of allylic oxidation sites excluding steroid dienone is 4. The van der Waals surface area contributed by atoms with Crippen molar-refractivity contribution in [3.8, 4) is 11.3 Å². The fraction of sp³-hybridized carbons (Fsp3) is 0.393. The Morgan fingerprint density at radius 2 is 2.08 bits per heavy atom. The molecule has 1 aromatic carbocycles. The molecule has 11 heteroatoms. The number of nitrogens with one attached hydrogen (secondary N) is 1. The number of fused-ring (bicyclic) bond motifs is 1. The Kier molecular flexibility index (Phi) is 6.69. The minimum absolute atomic E-state index is 0.0932. The zero-order chi connectivity index (χ0) is 27.0. The summed E-state index contributed by atoms with van der Waals surface area (Å²) in [7, 11) is 3.58. The van der Waals surface area contributed by atoms with Crippen molar-refractivity contribution in [2.45, 2.75) is 19.4 Å². The van der Waals surface area contributed by atoms with Crippen molar-refractivity contribution in [3.63, 3.8) is 0 Å². The molecule has 6 rings (SSSR count). The van der Waals surface area contributed by atoms with Crippen LogP contribution in [0.15, 0.2) is 66.8 Å². The van der Waals surface area contributed by atoms with E-state index in [0.29, 0.717) is 19.0 Å². The van der Waals surface area contributed by atoms with E-state index in [4.69, 9.17) is 9.72 Å². The molecule has 0 amide bonds. The van der Waals surface area contributed by atoms with Gasteiger partial charge < -0.3 is 10.1 Å². The van der Waals surface area contributed by atoms with Crippen LogP contribution < -0.4 is 5.32 Å². The third-order valence-electron chi connectivity index (χ3n) is 7.98. The van der Waals surface area contributed by atoms with E-state index in [2.05, 4.69) is 48.3 Å². The van der Waals surface area contributed by atoms with E-state index in [9.17, 15) is 4.39 Å². The minimum atomic E-state index is -0.182. The zero-order valence-corrected chi connectivity index (χ0v) is 22.3. The second-order valence-electron chi connectivity index (χ2n) is 10.5. The number of halogens is 1. The molecule has 4 heterocycles. The predicted molar refractivity (Wildman–Crippen MR) is 147 cm³/mol. The molecule has 202 valence electrons. The Morgan fingerprint density at radius 1 is 1.18 bits per heavy atom. The molecule has 1 fully saturated rings. The van der Waals surface area contributed by atoms with Crippen LogP contribution in [0.25, 0.3) is 22.3 Å². The van der Waals surface area contributed by atoms with Gasteiger partial charge >= 0.3 is 0 Å². The summed E-state index contributed by atoms with van der Waals surface area (Å²) in [5, 5.41) is 16.6. The van der Waals surface area contributed by atoms with Crippen molar-refractivity contribution in [2.24, 2.45) is 18.4 Å². The molecule has 0 saturated carbocycles. The summed E-state index contributed by atoms with van der Waals surface area (Å²) in [6.07, 6.45) is 9.44. The van der Waals surface area contributed by atoms with Crippen molar-refractivity contribution in [2.75, 3.05) is 38.7 Å². The van der Waals surface area contributed by atoms with Gasteiger partial charge in [-0.2, -0.15) is 5.10 Å². The average Bonchev–Trinajstić information content (AvgIpc) is 3.68. The molecule has 4 aromatic rings. The van der Waals surface area contributed by atoms with Crippen LogP contribution in [0.1, 0.15) is 19.4 Å². The van der Waals surface area contributed by atoms with E-state index in [1.807, 2.05) is 37.4 Å². The van der Waals surface area contributed by atoms with Crippen LogP contribution in [0.2, 0.25) is 0 Å². The third kappa shape index (κ3) is 4.95. The first kappa shape index (κ1) is 25.3. The van der Waals surface area contributed by atoms with Gasteiger partial charge in [-0.15, -0.1) is 5.10 Å². The van der Waals surface area contributed by atoms with E-state index >= 15 is 0 Å². The maximum Gasteiger partial charge on any atom is 0.228 e. The van der Waals surface area contributed by atoms with Gasteiger partial charge in [-0.3, -0.25) is 9.58 Å². The molecule has 0 spiro atoms. The molecule has 39 heavy (non-hydrogen) atoms. The largest absolute Gasteiger partial charge is 0.383 e. The highest BCUT2D eigenvalue weighted by molar-refractivity contribution is 5.81. The first-order valence-electron chi connectivity index (χ1n) is 13.1. The highest BCUT2D eigenvalue weighted by Gasteiger charge is 2.45. The topological polar surface area (TPSA) is 98.8 Å². The molecular formula is C28H32FN9O. The van der Waals surface area contributed by atoms with Gasteiger partial charge in [0, 0.05) is 57.5 Å². The number of hydrogen-bond donors (Lipinski definition) is 1. The van der Waals surface area contributed by atoms with E-state index in [1.54, 1.807) is 36.3 Å². The second kappa shape index (κ2) is 10.3. The molecule has 1 aliphatic heterocycles. The minimum Gasteiger partial charge on any atom is -0.383 e. The number of hydrogen-bond acceptors (Lipinski definition) is 8. The molecular weight excluding hydrogens is 497 g/mol. The lowest BCUT2D eigenvalue weighted by atomic mass is 9.70. The van der Waals surface area contributed by atoms with Crippen LogP contribution in [-0.4, -0.2) is 73.0 Å². The summed E-state index contributed by atoms with van der Waals surface area (Å²) in [6.45, 7) is 5.44. The number of methoxy groups -OCH3 is 1. The molecule has 2 aliphatic rings. The fourth-order valence-corrected chi connectivity index (χ4v) is 5.70. The number of likely N-dealkylation sites (tertiary alicyclic amines) is 1. The monoisotopic (exact) mass is 529 g/mol. The van der Waals surface area contributed by atoms with Gasteiger partial charge in [0.2, 0.25) is 5.95 Å². The third-order valence-corrected chi connectivity index (χ3v) is 7.98. The maximum absolute atomic E-state index is 13.9. The quantitative estimate of drug-likeness (QED) is 0.361. The molecule has 10 nitrogen and oxygen atoms in total. The second-order valence-corrected chi connectivity index (χ2v) is 10.5. The molecule has 1 saturated heterocycles. The highest BCUT2D eigenvalue weighted by Crippen LogP contribution is 2.46. The van der Waals surface area contributed by atoms with Crippen LogP contribution >= 0.6 is 0 Å². The van der Waals surface area contributed by atoms with Gasteiger partial charge in [0.1, 0.15) is 17.2 Å². The fourth-order valence-electron chi connectivity index (χ4n) is 5.70. The Morgan fingerprint density at radius 3 is 2.85 bits per heavy atom. The number of aryl methyl sites for hydroxylation is 1. The van der Waals surface area contributed by atoms with Crippen molar-refractivity contribution in [3.05, 3.63) is 66.8 Å². The average molecular weight is 530 g/mol. The summed E-state index contributed by atoms with van der Waals surface area (Å²) < 4.78 is 23.0. The van der Waals surface area contributed by atoms with Crippen LogP contribution in [0.5, 0.6) is 0 Å². The molecule has 3 atom stereocenters. The van der Waals surface area contributed by atoms with Gasteiger partial charge in [-0.1, -0.05) is 24.3 Å². The normalized spacial score (nSPS) is 23.4. The van der Waals surface area contributed by atoms with Gasteiger partial charge in [0.25, 0.3) is 0 Å². The molecule has 1 N–H and O–H groups in total. The molecule has 3 aromatic heterocycles. The van der Waals surface area contributed by atoms with Crippen molar-refractivity contribution in [1.29, 1.82) is 0 Å². The Labute approximate surface area is 226 Å². The van der Waals surface area contributed by atoms with Gasteiger partial charge in [-0.25, -0.2) is 19.0 Å². The highest BCUT2D eigenvalue weighted by atomic mass is 19.1. The summed E-state index contributed by atoms with van der Waals surface area (Å²) in [5.41, 5.74) is 3.30. The SMILES string of the molecule is COCCN1CC(n2nnc3cc(-c4ccnc(Nc5ccnn5C)n4)ccc32)[C@H](C2(C)C=CC(F)=CC2)C1. The summed E-state index contributed by atoms with van der Waals surface area (Å²) in [5.74, 6) is 1.36. The van der Waals surface area contributed by atoms with Crippen LogP contribution in [-0.2, 0) is 11.8 Å². The zero-order valence-electron chi connectivity index (χ0n) is 22.3. The Bertz CT molecular complexity index is 1540. The Hall–Kier alpha value is -3.96. The van der Waals surface area contributed by atoms with Crippen molar-refractivity contribution >= 4 is 22.8 Å². The predicted octanol–water partition coefficient (Wildman–Crippen LogP) is 4.30. The van der Waals surface area contributed by atoms with E-state index in [-0.39, 0.29) is 23.2 Å². The van der Waals surface area contributed by atoms with Crippen LogP contribution in [0.4, 0.5) is 16.2 Å². The number of aromatic nitrogens is 7. The van der Waals surface area contributed by atoms with Gasteiger partial charge in [-0.05, 0) is 42.2 Å². The maximum atomic E-state index is 13.9. The molecule has 2 unspecified atom stereocenters. The Balaban J connectivity index is 1.30. The standard InChI is InChI=1S/C28H32FN9O/c1-28(10-6-20(29)7-11-28)21-17-37(14-15-39-3)18-25(21)38-24-5-4-19(16-23(24)34-35-38)22-8-12-30-27(32-22)33-26-9-13-31-36(26)2/h4-10,12-13,16,21,25H,11,14-15,17-18H2,1-3H3,(H,30,32,33)/t21-,25?,28?/m1/s1.